The number of hydrogen-bond acceptors (Lipinski definition) is 26. The molecular weight excluding hydrogens is 814 g/mol. The summed E-state index contributed by atoms with van der Waals surface area (Å²) < 4.78 is 50.4. The van der Waals surface area contributed by atoms with Crippen molar-refractivity contribution < 1.29 is 129 Å². The Kier molecular flexibility index (Phi) is 17.1. The first kappa shape index (κ1) is 48.5. The minimum atomic E-state index is -2.21. The van der Waals surface area contributed by atoms with Crippen molar-refractivity contribution in [1.29, 1.82) is 0 Å². The lowest BCUT2D eigenvalue weighted by atomic mass is 9.95. The van der Waals surface area contributed by atoms with Gasteiger partial charge in [-0.1, -0.05) is 0 Å². The standard InChI is InChI=1S/C32H55NO26/c1-7(38)33-13-18(43)25(11(5-37)52-28(13)50)57-31-24(49)26(17(42)12(56-31)6-51-29-22(47)19(44)14(39)8(2-34)53-29)58-32-27(21(46)16(41)10(4-36)55-32)59-30-23(48)20(45)15(40)9(3-35)54-30/h8-32,34-37,39-50H,2-6H2,1H3,(H,33,38)/t8-,9-,10-,11-,12-,13-,14-,15-,16-,17-,18-,19+,20+,21+,22+,23+,24+,25-,26+,27+,28?,29+,30-,31+,32-/m1/s1. The molecule has 5 aliphatic heterocycles. The maximum absolute atomic E-state index is 11.8. The van der Waals surface area contributed by atoms with E-state index in [1.807, 2.05) is 0 Å². The zero-order valence-electron chi connectivity index (χ0n) is 31.2. The molecule has 59 heavy (non-hydrogen) atoms. The van der Waals surface area contributed by atoms with Gasteiger partial charge in [0.25, 0.3) is 0 Å². The third-order valence-electron chi connectivity index (χ3n) is 10.7. The van der Waals surface area contributed by atoms with Gasteiger partial charge in [-0.05, 0) is 0 Å². The summed E-state index contributed by atoms with van der Waals surface area (Å²) in [6, 6.07) is -1.57. The van der Waals surface area contributed by atoms with E-state index in [-0.39, 0.29) is 0 Å². The predicted octanol–water partition coefficient (Wildman–Crippen LogP) is -11.8. The number of aliphatic hydroxyl groups is 16. The van der Waals surface area contributed by atoms with Gasteiger partial charge in [-0.15, -0.1) is 0 Å². The second-order valence-corrected chi connectivity index (χ2v) is 14.7. The van der Waals surface area contributed by atoms with Crippen molar-refractivity contribution >= 4 is 5.91 Å². The highest BCUT2D eigenvalue weighted by Crippen LogP contribution is 2.35. The number of nitrogens with one attached hydrogen (secondary N) is 1. The van der Waals surface area contributed by atoms with E-state index >= 15 is 0 Å². The smallest absolute Gasteiger partial charge is 0.217 e. The molecule has 27 heteroatoms. The van der Waals surface area contributed by atoms with Gasteiger partial charge < -0.3 is 130 Å². The molecule has 27 nitrogen and oxygen atoms in total. The van der Waals surface area contributed by atoms with Crippen molar-refractivity contribution in [2.75, 3.05) is 33.0 Å². The van der Waals surface area contributed by atoms with Crippen molar-refractivity contribution in [3.8, 4) is 0 Å². The van der Waals surface area contributed by atoms with E-state index in [1.165, 1.54) is 0 Å². The van der Waals surface area contributed by atoms with Gasteiger partial charge in [0, 0.05) is 6.92 Å². The van der Waals surface area contributed by atoms with E-state index in [0.717, 1.165) is 6.92 Å². The Morgan fingerprint density at radius 1 is 0.441 bits per heavy atom. The van der Waals surface area contributed by atoms with Crippen LogP contribution in [0.5, 0.6) is 0 Å². The normalized spacial score (nSPS) is 51.0. The lowest BCUT2D eigenvalue weighted by Gasteiger charge is -2.49. The van der Waals surface area contributed by atoms with Gasteiger partial charge in [0.1, 0.15) is 122 Å². The summed E-state index contributed by atoms with van der Waals surface area (Å²) in [5, 5.41) is 170. The van der Waals surface area contributed by atoms with Crippen LogP contribution in [-0.2, 0) is 47.4 Å². The first-order valence-electron chi connectivity index (χ1n) is 18.6. The minimum absolute atomic E-state index is 0.727. The van der Waals surface area contributed by atoms with Crippen LogP contribution >= 0.6 is 0 Å². The first-order chi connectivity index (χ1) is 27.9. The minimum Gasteiger partial charge on any atom is -0.394 e. The van der Waals surface area contributed by atoms with Crippen LogP contribution < -0.4 is 5.32 Å². The van der Waals surface area contributed by atoms with Gasteiger partial charge >= 0.3 is 0 Å². The molecule has 17 N–H and O–H groups in total. The molecule has 0 aliphatic carbocycles. The molecule has 5 heterocycles. The number of ether oxygens (including phenoxy) is 9. The number of aliphatic hydroxyl groups excluding tert-OH is 16. The fourth-order valence-corrected chi connectivity index (χ4v) is 7.30. The largest absolute Gasteiger partial charge is 0.394 e. The molecule has 1 unspecified atom stereocenters. The number of rotatable bonds is 14. The van der Waals surface area contributed by atoms with Crippen molar-refractivity contribution in [2.24, 2.45) is 0 Å². The highest BCUT2D eigenvalue weighted by Gasteiger charge is 2.56. The van der Waals surface area contributed by atoms with Crippen LogP contribution in [0, 0.1) is 0 Å². The molecule has 25 atom stereocenters. The molecule has 5 saturated heterocycles. The fourth-order valence-electron chi connectivity index (χ4n) is 7.30. The average Bonchev–Trinajstić information content (AvgIpc) is 3.21. The van der Waals surface area contributed by atoms with Crippen LogP contribution in [0.2, 0.25) is 0 Å². The molecule has 0 spiro atoms. The van der Waals surface area contributed by atoms with Crippen LogP contribution in [0.25, 0.3) is 0 Å². The molecular formula is C32H55NO26. The lowest BCUT2D eigenvalue weighted by molar-refractivity contribution is -0.396. The van der Waals surface area contributed by atoms with Crippen LogP contribution in [0.1, 0.15) is 6.92 Å². The van der Waals surface area contributed by atoms with E-state index < -0.39 is 192 Å². The molecule has 1 amide bonds. The van der Waals surface area contributed by atoms with Gasteiger partial charge in [0.15, 0.2) is 31.5 Å². The van der Waals surface area contributed by atoms with Crippen molar-refractivity contribution in [1.82, 2.24) is 5.32 Å². The average molecular weight is 870 g/mol. The summed E-state index contributed by atoms with van der Waals surface area (Å²) in [6.07, 6.45) is -45.2. The zero-order valence-corrected chi connectivity index (χ0v) is 31.2. The number of hydrogen-bond donors (Lipinski definition) is 17. The van der Waals surface area contributed by atoms with Gasteiger partial charge in [-0.2, -0.15) is 0 Å². The van der Waals surface area contributed by atoms with Crippen molar-refractivity contribution in [2.45, 2.75) is 160 Å². The topological polar surface area (TPSA) is 436 Å². The summed E-state index contributed by atoms with van der Waals surface area (Å²) in [6.45, 7) is -3.40. The van der Waals surface area contributed by atoms with Crippen LogP contribution in [0.3, 0.4) is 0 Å². The van der Waals surface area contributed by atoms with Crippen LogP contribution in [-0.4, -0.2) is 274 Å². The number of carbonyl (C=O) groups excluding carboxylic acids is 1. The Morgan fingerprint density at radius 2 is 0.881 bits per heavy atom. The molecule has 5 rings (SSSR count). The van der Waals surface area contributed by atoms with Crippen molar-refractivity contribution in [3.05, 3.63) is 0 Å². The molecule has 0 aromatic heterocycles. The van der Waals surface area contributed by atoms with Crippen molar-refractivity contribution in [3.63, 3.8) is 0 Å². The summed E-state index contributed by atoms with van der Waals surface area (Å²) in [5.41, 5.74) is 0. The van der Waals surface area contributed by atoms with E-state index in [4.69, 9.17) is 42.6 Å². The summed E-state index contributed by atoms with van der Waals surface area (Å²) >= 11 is 0. The third-order valence-corrected chi connectivity index (χ3v) is 10.7. The molecule has 0 radical (unpaired) electrons. The Balaban J connectivity index is 1.45. The van der Waals surface area contributed by atoms with Gasteiger partial charge in [0.05, 0.1) is 33.0 Å². The second-order valence-electron chi connectivity index (χ2n) is 14.7. The Morgan fingerprint density at radius 3 is 1.42 bits per heavy atom. The highest BCUT2D eigenvalue weighted by atomic mass is 16.8. The SMILES string of the molecule is CC(=O)N[C@H]1C(O)O[C@H](CO)[C@@H](O[C@@H]2O[C@H](CO[C@H]3O[C@H](CO)[C@@H](O)[C@H](O)[C@@H]3O)[C@@H](O)[C@H](O[C@H]3O[C@H](CO)[C@@H](O)[C@H](O)[C@@H]3O[C@H]3O[C@H](CO)[C@@H](O)[C@H](O)[C@@H]3O)[C@@H]2O)[C@@H]1O. The molecule has 344 valence electrons. The number of carbonyl (C=O) groups is 1. The van der Waals surface area contributed by atoms with Crippen LogP contribution in [0.4, 0.5) is 0 Å². The molecule has 0 aromatic rings. The monoisotopic (exact) mass is 869 g/mol. The molecule has 0 bridgehead atoms. The third kappa shape index (κ3) is 10.3. The maximum Gasteiger partial charge on any atom is 0.217 e. The van der Waals surface area contributed by atoms with E-state index in [9.17, 15) is 86.5 Å². The summed E-state index contributed by atoms with van der Waals surface area (Å²) in [5.74, 6) is -0.727. The van der Waals surface area contributed by atoms with E-state index in [1.54, 1.807) is 0 Å². The highest BCUT2D eigenvalue weighted by molar-refractivity contribution is 5.73. The van der Waals surface area contributed by atoms with Gasteiger partial charge in [-0.25, -0.2) is 0 Å². The molecule has 5 fully saturated rings. The molecule has 0 aromatic carbocycles. The predicted molar refractivity (Wildman–Crippen MR) is 178 cm³/mol. The lowest BCUT2D eigenvalue weighted by Crippen LogP contribution is -2.69. The Labute approximate surface area is 333 Å². The first-order valence-corrected chi connectivity index (χ1v) is 18.6. The molecule has 5 aliphatic rings. The maximum atomic E-state index is 11.8. The van der Waals surface area contributed by atoms with E-state index in [2.05, 4.69) is 5.32 Å². The fraction of sp³-hybridized carbons (Fsp3) is 0.969. The van der Waals surface area contributed by atoms with Gasteiger partial charge in [-0.3, -0.25) is 4.79 Å². The van der Waals surface area contributed by atoms with Crippen LogP contribution in [0.15, 0.2) is 0 Å². The van der Waals surface area contributed by atoms with E-state index in [0.29, 0.717) is 0 Å². The van der Waals surface area contributed by atoms with Gasteiger partial charge in [0.2, 0.25) is 5.91 Å². The number of amides is 1. The Hall–Kier alpha value is -1.53. The quantitative estimate of drug-likeness (QED) is 0.0770. The Bertz CT molecular complexity index is 1320. The zero-order chi connectivity index (χ0) is 43.6. The summed E-state index contributed by atoms with van der Waals surface area (Å²) in [7, 11) is 0. The molecule has 0 saturated carbocycles. The second kappa shape index (κ2) is 20.8. The summed E-state index contributed by atoms with van der Waals surface area (Å²) in [4.78, 5) is 11.8.